The second-order valence-corrected chi connectivity index (χ2v) is 3.60. The smallest absolute Gasteiger partial charge is 0.318 e. The molecule has 1 amide bonds. The van der Waals surface area contributed by atoms with Gasteiger partial charge in [0.2, 0.25) is 11.8 Å². The maximum absolute atomic E-state index is 11.3. The number of amides is 1. The van der Waals surface area contributed by atoms with Gasteiger partial charge in [-0.2, -0.15) is 0 Å². The normalized spacial score (nSPS) is 10.2. The number of nitrogens with one attached hydrogen (secondary N) is 1. The Labute approximate surface area is 99.0 Å². The van der Waals surface area contributed by atoms with Gasteiger partial charge in [-0.15, -0.1) is 16.7 Å². The number of hydrogen-bond donors (Lipinski definition) is 1. The fourth-order valence-electron chi connectivity index (χ4n) is 1.12. The van der Waals surface area contributed by atoms with Gasteiger partial charge < -0.3 is 14.6 Å². The number of carbonyl (C=O) groups excluding carboxylic acids is 1. The van der Waals surface area contributed by atoms with Gasteiger partial charge in [-0.1, -0.05) is 5.10 Å². The maximum atomic E-state index is 11.3. The summed E-state index contributed by atoms with van der Waals surface area (Å²) in [5, 5.41) is 10.3. The van der Waals surface area contributed by atoms with E-state index in [-0.39, 0.29) is 12.5 Å². The molecular weight excluding hydrogens is 232 g/mol. The minimum atomic E-state index is -0.0814. The molecule has 0 radical (unpaired) electrons. The number of rotatable bonds is 6. The number of aromatic nitrogens is 2. The van der Waals surface area contributed by atoms with Crippen LogP contribution in [-0.2, 0) is 11.2 Å². The minimum Gasteiger partial charge on any atom is -0.408 e. The molecule has 0 aliphatic rings. The van der Waals surface area contributed by atoms with E-state index in [1.54, 1.807) is 11.9 Å². The van der Waals surface area contributed by atoms with E-state index in [0.717, 1.165) is 0 Å². The Morgan fingerprint density at radius 2 is 2.31 bits per heavy atom. The summed E-state index contributed by atoms with van der Waals surface area (Å²) >= 11 is 5.54. The van der Waals surface area contributed by atoms with Gasteiger partial charge in [0.1, 0.15) is 6.54 Å². The van der Waals surface area contributed by atoms with Gasteiger partial charge in [-0.3, -0.25) is 4.79 Å². The van der Waals surface area contributed by atoms with Crippen LogP contribution in [0.2, 0.25) is 0 Å². The first-order valence-electron chi connectivity index (χ1n) is 5.03. The van der Waals surface area contributed by atoms with Gasteiger partial charge in [0.15, 0.2) is 0 Å². The molecule has 0 aliphatic carbocycles. The molecule has 0 saturated carbocycles. The van der Waals surface area contributed by atoms with Gasteiger partial charge in [-0.05, 0) is 6.92 Å². The van der Waals surface area contributed by atoms with Crippen LogP contribution in [0.15, 0.2) is 4.42 Å². The lowest BCUT2D eigenvalue weighted by Gasteiger charge is -2.12. The van der Waals surface area contributed by atoms with Crippen LogP contribution < -0.4 is 10.2 Å². The van der Waals surface area contributed by atoms with E-state index in [1.165, 1.54) is 0 Å². The summed E-state index contributed by atoms with van der Waals surface area (Å²) in [7, 11) is 1.72. The van der Waals surface area contributed by atoms with Crippen LogP contribution in [0, 0.1) is 0 Å². The summed E-state index contributed by atoms with van der Waals surface area (Å²) in [5.41, 5.74) is 0. The molecule has 0 aliphatic heterocycles. The average molecular weight is 247 g/mol. The van der Waals surface area contributed by atoms with Crippen molar-refractivity contribution in [1.82, 2.24) is 15.5 Å². The number of likely N-dealkylation sites (N-methyl/N-ethyl adjacent to an activating group) is 2. The molecule has 0 unspecified atom stereocenters. The highest BCUT2D eigenvalue weighted by molar-refractivity contribution is 6.17. The molecule has 16 heavy (non-hydrogen) atoms. The van der Waals surface area contributed by atoms with Crippen molar-refractivity contribution < 1.29 is 9.21 Å². The Morgan fingerprint density at radius 3 is 2.94 bits per heavy atom. The minimum absolute atomic E-state index is 0.0814. The lowest BCUT2D eigenvalue weighted by Crippen LogP contribution is -2.35. The highest BCUT2D eigenvalue weighted by Gasteiger charge is 2.13. The summed E-state index contributed by atoms with van der Waals surface area (Å²) < 4.78 is 5.30. The number of hydrogen-bond acceptors (Lipinski definition) is 5. The Morgan fingerprint density at radius 1 is 1.56 bits per heavy atom. The molecule has 1 rings (SSSR count). The first-order chi connectivity index (χ1) is 7.67. The quantitative estimate of drug-likeness (QED) is 0.737. The highest BCUT2D eigenvalue weighted by Crippen LogP contribution is 2.10. The Balaban J connectivity index is 2.51. The zero-order chi connectivity index (χ0) is 12.0. The number of nitrogens with zero attached hydrogens (tertiary/aromatic N) is 3. The fourth-order valence-corrected chi connectivity index (χ4v) is 1.28. The highest BCUT2D eigenvalue weighted by atomic mass is 35.5. The van der Waals surface area contributed by atoms with Crippen molar-refractivity contribution in [1.29, 1.82) is 0 Å². The molecule has 1 N–H and O–H groups in total. The van der Waals surface area contributed by atoms with Crippen LogP contribution in [0.3, 0.4) is 0 Å². The summed E-state index contributed by atoms with van der Waals surface area (Å²) in [5.74, 6) is 0.830. The molecule has 1 aromatic rings. The zero-order valence-electron chi connectivity index (χ0n) is 9.36. The van der Waals surface area contributed by atoms with E-state index in [9.17, 15) is 4.79 Å². The SMILES string of the molecule is CCNC(=O)CN(C)c1nnc(CCCl)o1. The van der Waals surface area contributed by atoms with Gasteiger partial charge >= 0.3 is 6.01 Å². The largest absolute Gasteiger partial charge is 0.408 e. The van der Waals surface area contributed by atoms with E-state index in [4.69, 9.17) is 16.0 Å². The Bertz CT molecular complexity index is 342. The third-order valence-electron chi connectivity index (χ3n) is 1.85. The van der Waals surface area contributed by atoms with Crippen molar-refractivity contribution in [3.05, 3.63) is 5.89 Å². The second-order valence-electron chi connectivity index (χ2n) is 3.23. The Hall–Kier alpha value is -1.30. The van der Waals surface area contributed by atoms with Crippen molar-refractivity contribution in [2.45, 2.75) is 13.3 Å². The average Bonchev–Trinajstić information content (AvgIpc) is 2.67. The lowest BCUT2D eigenvalue weighted by atomic mass is 10.5. The predicted octanol–water partition coefficient (Wildman–Crippen LogP) is 0.423. The van der Waals surface area contributed by atoms with E-state index in [2.05, 4.69) is 15.5 Å². The maximum Gasteiger partial charge on any atom is 0.318 e. The van der Waals surface area contributed by atoms with Gasteiger partial charge in [0.25, 0.3) is 0 Å². The molecule has 7 heteroatoms. The van der Waals surface area contributed by atoms with Crippen molar-refractivity contribution in [3.8, 4) is 0 Å². The molecule has 0 spiro atoms. The van der Waals surface area contributed by atoms with Gasteiger partial charge in [0, 0.05) is 25.9 Å². The van der Waals surface area contributed by atoms with Crippen LogP contribution in [0.1, 0.15) is 12.8 Å². The molecule has 1 heterocycles. The number of alkyl halides is 1. The van der Waals surface area contributed by atoms with Crippen molar-refractivity contribution in [3.63, 3.8) is 0 Å². The van der Waals surface area contributed by atoms with Crippen molar-refractivity contribution in [2.75, 3.05) is 30.9 Å². The van der Waals surface area contributed by atoms with Gasteiger partial charge in [-0.25, -0.2) is 0 Å². The number of anilines is 1. The zero-order valence-corrected chi connectivity index (χ0v) is 10.1. The van der Waals surface area contributed by atoms with Crippen LogP contribution in [-0.4, -0.2) is 42.1 Å². The molecular formula is C9H15ClN4O2. The van der Waals surface area contributed by atoms with Crippen molar-refractivity contribution in [2.24, 2.45) is 0 Å². The summed E-state index contributed by atoms with van der Waals surface area (Å²) in [6.45, 7) is 2.66. The van der Waals surface area contributed by atoms with Crippen LogP contribution in [0.4, 0.5) is 6.01 Å². The fraction of sp³-hybridized carbons (Fsp3) is 0.667. The summed E-state index contributed by atoms with van der Waals surface area (Å²) in [6, 6.07) is 0.325. The lowest BCUT2D eigenvalue weighted by molar-refractivity contribution is -0.119. The molecule has 0 fully saturated rings. The van der Waals surface area contributed by atoms with Crippen molar-refractivity contribution >= 4 is 23.5 Å². The molecule has 1 aromatic heterocycles. The van der Waals surface area contributed by atoms with E-state index in [0.29, 0.717) is 30.8 Å². The topological polar surface area (TPSA) is 71.3 Å². The Kier molecular flexibility index (Phi) is 5.04. The second kappa shape index (κ2) is 6.32. The van der Waals surface area contributed by atoms with E-state index < -0.39 is 0 Å². The third kappa shape index (κ3) is 3.69. The number of aryl methyl sites for hydroxylation is 1. The predicted molar refractivity (Wildman–Crippen MR) is 60.7 cm³/mol. The number of carbonyl (C=O) groups is 1. The molecule has 0 bridgehead atoms. The molecule has 90 valence electrons. The first kappa shape index (κ1) is 12.8. The van der Waals surface area contributed by atoms with Crippen LogP contribution in [0.25, 0.3) is 0 Å². The molecule has 6 nitrogen and oxygen atoms in total. The van der Waals surface area contributed by atoms with E-state index >= 15 is 0 Å². The molecule has 0 saturated heterocycles. The third-order valence-corrected chi connectivity index (χ3v) is 2.03. The summed E-state index contributed by atoms with van der Waals surface area (Å²) in [6.07, 6.45) is 0.531. The van der Waals surface area contributed by atoms with Crippen LogP contribution in [0.5, 0.6) is 0 Å². The van der Waals surface area contributed by atoms with Crippen LogP contribution >= 0.6 is 11.6 Å². The standard InChI is InChI=1S/C9H15ClN4O2/c1-3-11-7(15)6-14(2)9-13-12-8(16-9)4-5-10/h3-6H2,1-2H3,(H,11,15). The van der Waals surface area contributed by atoms with E-state index in [1.807, 2.05) is 6.92 Å². The van der Waals surface area contributed by atoms with Gasteiger partial charge in [0.05, 0.1) is 0 Å². The number of halogens is 1. The first-order valence-corrected chi connectivity index (χ1v) is 5.57. The molecule has 0 aromatic carbocycles. The molecule has 0 atom stereocenters. The summed E-state index contributed by atoms with van der Waals surface area (Å²) in [4.78, 5) is 12.9. The monoisotopic (exact) mass is 246 g/mol.